The van der Waals surface area contributed by atoms with Crippen LogP contribution in [0.5, 0.6) is 5.75 Å². The number of para-hydroxylation sites is 3. The Bertz CT molecular complexity index is 874. The molecule has 2 aromatic carbocycles. The summed E-state index contributed by atoms with van der Waals surface area (Å²) in [6.45, 7) is 2.04. The molecule has 0 saturated carbocycles. The Morgan fingerprint density at radius 2 is 1.86 bits per heavy atom. The summed E-state index contributed by atoms with van der Waals surface area (Å²) < 4.78 is 7.04. The Balaban J connectivity index is 2.38. The molecule has 0 saturated heterocycles. The zero-order valence-electron chi connectivity index (χ0n) is 12.4. The molecule has 3 aromatic rings. The highest BCUT2D eigenvalue weighted by Crippen LogP contribution is 2.26. The molecule has 0 aliphatic heterocycles. The molecule has 0 unspecified atom stereocenters. The Morgan fingerprint density at radius 3 is 2.64 bits per heavy atom. The molecule has 22 heavy (non-hydrogen) atoms. The second-order valence-corrected chi connectivity index (χ2v) is 5.89. The van der Waals surface area contributed by atoms with E-state index in [1.807, 2.05) is 49.4 Å². The average molecular weight is 312 g/mol. The topological polar surface area (TPSA) is 44.1 Å². The van der Waals surface area contributed by atoms with Gasteiger partial charge >= 0.3 is 0 Å². The summed E-state index contributed by atoms with van der Waals surface area (Å²) in [5.41, 5.74) is 1.35. The summed E-state index contributed by atoms with van der Waals surface area (Å²) in [5, 5.41) is 1.28. The van der Waals surface area contributed by atoms with Crippen LogP contribution in [-0.4, -0.2) is 22.4 Å². The van der Waals surface area contributed by atoms with Gasteiger partial charge in [-0.3, -0.25) is 9.36 Å². The van der Waals surface area contributed by atoms with Crippen LogP contribution in [0.3, 0.4) is 0 Å². The maximum atomic E-state index is 12.9. The van der Waals surface area contributed by atoms with Crippen LogP contribution in [-0.2, 0) is 0 Å². The van der Waals surface area contributed by atoms with Crippen molar-refractivity contribution in [3.8, 4) is 11.4 Å². The molecule has 0 atom stereocenters. The number of ether oxygens (including phenoxy) is 1. The van der Waals surface area contributed by atoms with Crippen LogP contribution in [0.2, 0.25) is 0 Å². The van der Waals surface area contributed by atoms with Gasteiger partial charge in [-0.15, -0.1) is 0 Å². The summed E-state index contributed by atoms with van der Waals surface area (Å²) in [4.78, 5) is 17.6. The van der Waals surface area contributed by atoms with Crippen molar-refractivity contribution in [3.63, 3.8) is 0 Å². The number of benzene rings is 2. The minimum atomic E-state index is -0.0777. The lowest BCUT2D eigenvalue weighted by atomic mass is 10.2. The summed E-state index contributed by atoms with van der Waals surface area (Å²) in [7, 11) is 1.60. The van der Waals surface area contributed by atoms with Crippen molar-refractivity contribution in [1.82, 2.24) is 9.55 Å². The number of rotatable bonds is 4. The van der Waals surface area contributed by atoms with Gasteiger partial charge in [-0.25, -0.2) is 4.98 Å². The van der Waals surface area contributed by atoms with Crippen molar-refractivity contribution < 1.29 is 4.74 Å². The number of hydrogen-bond donors (Lipinski definition) is 0. The normalized spacial score (nSPS) is 10.8. The summed E-state index contributed by atoms with van der Waals surface area (Å²) in [6.07, 6.45) is 0. The second-order valence-electron chi connectivity index (χ2n) is 4.66. The number of hydrogen-bond acceptors (Lipinski definition) is 4. The van der Waals surface area contributed by atoms with Crippen LogP contribution >= 0.6 is 11.8 Å². The lowest BCUT2D eigenvalue weighted by Crippen LogP contribution is -2.22. The van der Waals surface area contributed by atoms with Crippen molar-refractivity contribution in [1.29, 1.82) is 0 Å². The Morgan fingerprint density at radius 1 is 1.14 bits per heavy atom. The summed E-state index contributed by atoms with van der Waals surface area (Å²) in [5.74, 6) is 1.49. The molecule has 0 amide bonds. The van der Waals surface area contributed by atoms with Crippen molar-refractivity contribution in [3.05, 3.63) is 58.9 Å². The lowest BCUT2D eigenvalue weighted by Gasteiger charge is -2.15. The zero-order chi connectivity index (χ0) is 15.5. The Hall–Kier alpha value is -2.27. The van der Waals surface area contributed by atoms with Crippen molar-refractivity contribution in [2.45, 2.75) is 12.1 Å². The fourth-order valence-electron chi connectivity index (χ4n) is 2.37. The van der Waals surface area contributed by atoms with Gasteiger partial charge in [0, 0.05) is 0 Å². The number of aromatic nitrogens is 2. The van der Waals surface area contributed by atoms with Gasteiger partial charge in [-0.05, 0) is 30.0 Å². The molecule has 0 fully saturated rings. The van der Waals surface area contributed by atoms with Crippen molar-refractivity contribution >= 4 is 22.7 Å². The van der Waals surface area contributed by atoms with Crippen LogP contribution in [0.4, 0.5) is 0 Å². The van der Waals surface area contributed by atoms with Gasteiger partial charge in [0.25, 0.3) is 5.56 Å². The van der Waals surface area contributed by atoms with E-state index in [4.69, 9.17) is 4.74 Å². The van der Waals surface area contributed by atoms with Gasteiger partial charge in [0.1, 0.15) is 5.75 Å². The molecule has 112 valence electrons. The number of fused-ring (bicyclic) bond motifs is 1. The number of nitrogens with zero attached hydrogens (tertiary/aromatic N) is 2. The van der Waals surface area contributed by atoms with Gasteiger partial charge in [0.05, 0.1) is 23.7 Å². The smallest absolute Gasteiger partial charge is 0.266 e. The molecule has 0 N–H and O–H groups in total. The number of thioether (sulfide) groups is 1. The van der Waals surface area contributed by atoms with Crippen LogP contribution in [0.1, 0.15) is 6.92 Å². The van der Waals surface area contributed by atoms with E-state index < -0.39 is 0 Å². The third kappa shape index (κ3) is 2.48. The highest BCUT2D eigenvalue weighted by molar-refractivity contribution is 7.99. The van der Waals surface area contributed by atoms with Crippen LogP contribution in [0, 0.1) is 0 Å². The van der Waals surface area contributed by atoms with E-state index in [2.05, 4.69) is 4.98 Å². The molecular formula is C17H16N2O2S. The van der Waals surface area contributed by atoms with E-state index in [0.717, 1.165) is 11.3 Å². The first-order chi connectivity index (χ1) is 10.8. The lowest BCUT2D eigenvalue weighted by molar-refractivity contribution is 0.411. The van der Waals surface area contributed by atoms with E-state index in [1.165, 1.54) is 0 Å². The molecule has 5 heteroatoms. The number of methoxy groups -OCH3 is 1. The third-order valence-corrected chi connectivity index (χ3v) is 4.17. The van der Waals surface area contributed by atoms with Crippen molar-refractivity contribution in [2.75, 3.05) is 12.9 Å². The molecule has 3 rings (SSSR count). The highest BCUT2D eigenvalue weighted by Gasteiger charge is 2.15. The third-order valence-electron chi connectivity index (χ3n) is 3.34. The molecule has 1 aromatic heterocycles. The van der Waals surface area contributed by atoms with E-state index in [9.17, 15) is 4.79 Å². The fraction of sp³-hybridized carbons (Fsp3) is 0.176. The van der Waals surface area contributed by atoms with Gasteiger partial charge in [0.2, 0.25) is 0 Å². The minimum absolute atomic E-state index is 0.0777. The van der Waals surface area contributed by atoms with E-state index in [-0.39, 0.29) is 5.56 Å². The van der Waals surface area contributed by atoms with E-state index >= 15 is 0 Å². The van der Waals surface area contributed by atoms with Gasteiger partial charge in [-0.2, -0.15) is 0 Å². The first-order valence-corrected chi connectivity index (χ1v) is 8.02. The summed E-state index contributed by atoms with van der Waals surface area (Å²) >= 11 is 1.54. The predicted octanol–water partition coefficient (Wildman–Crippen LogP) is 3.51. The largest absolute Gasteiger partial charge is 0.495 e. The Kier molecular flexibility index (Phi) is 4.15. The molecule has 0 radical (unpaired) electrons. The SMILES string of the molecule is CCSc1nc2ccccc2c(=O)n1-c1ccccc1OC. The maximum Gasteiger partial charge on any atom is 0.266 e. The fourth-order valence-corrected chi connectivity index (χ4v) is 3.10. The standard InChI is InChI=1S/C17H16N2O2S/c1-3-22-17-18-13-9-5-4-8-12(13)16(20)19(17)14-10-6-7-11-15(14)21-2/h4-11H,3H2,1-2H3. The molecule has 1 heterocycles. The molecule has 4 nitrogen and oxygen atoms in total. The molecule has 0 spiro atoms. The summed E-state index contributed by atoms with van der Waals surface area (Å²) in [6, 6.07) is 14.9. The van der Waals surface area contributed by atoms with E-state index in [1.54, 1.807) is 29.5 Å². The van der Waals surface area contributed by atoms with Crippen LogP contribution in [0.25, 0.3) is 16.6 Å². The van der Waals surface area contributed by atoms with Gasteiger partial charge < -0.3 is 4.74 Å². The predicted molar refractivity (Wildman–Crippen MR) is 90.3 cm³/mol. The first-order valence-electron chi connectivity index (χ1n) is 7.04. The van der Waals surface area contributed by atoms with Gasteiger partial charge in [0.15, 0.2) is 5.16 Å². The molecular weight excluding hydrogens is 296 g/mol. The van der Waals surface area contributed by atoms with Crippen molar-refractivity contribution in [2.24, 2.45) is 0 Å². The zero-order valence-corrected chi connectivity index (χ0v) is 13.3. The Labute approximate surface area is 132 Å². The monoisotopic (exact) mass is 312 g/mol. The van der Waals surface area contributed by atoms with Gasteiger partial charge in [-0.1, -0.05) is 43.0 Å². The van der Waals surface area contributed by atoms with Crippen LogP contribution < -0.4 is 10.3 Å². The first kappa shape index (κ1) is 14.7. The minimum Gasteiger partial charge on any atom is -0.495 e. The second kappa shape index (κ2) is 6.23. The molecule has 0 aliphatic rings. The van der Waals surface area contributed by atoms with Crippen LogP contribution in [0.15, 0.2) is 58.5 Å². The average Bonchev–Trinajstić information content (AvgIpc) is 2.56. The van der Waals surface area contributed by atoms with E-state index in [0.29, 0.717) is 22.0 Å². The maximum absolute atomic E-state index is 12.9. The highest BCUT2D eigenvalue weighted by atomic mass is 32.2. The molecule has 0 aliphatic carbocycles. The molecule has 0 bridgehead atoms. The quantitative estimate of drug-likeness (QED) is 0.546.